The van der Waals surface area contributed by atoms with E-state index >= 15 is 0 Å². The van der Waals surface area contributed by atoms with Crippen LogP contribution in [0.2, 0.25) is 0 Å². The highest BCUT2D eigenvalue weighted by Gasteiger charge is 2.02. The summed E-state index contributed by atoms with van der Waals surface area (Å²) in [6.07, 6.45) is 4.37. The second kappa shape index (κ2) is 6.40. The molecule has 0 aliphatic heterocycles. The molecular weight excluding hydrogens is 186 g/mol. The lowest BCUT2D eigenvalue weighted by molar-refractivity contribution is 0.275. The zero-order valence-corrected chi connectivity index (χ0v) is 9.74. The molecule has 0 saturated carbocycles. The third-order valence-corrected chi connectivity index (χ3v) is 2.53. The Labute approximate surface area is 92.3 Å². The number of anilines is 1. The molecule has 1 rings (SSSR count). The summed E-state index contributed by atoms with van der Waals surface area (Å²) in [5.41, 5.74) is 6.78. The second-order valence-corrected chi connectivity index (χ2v) is 3.81. The van der Waals surface area contributed by atoms with Gasteiger partial charge in [-0.25, -0.2) is 4.98 Å². The molecule has 1 aromatic heterocycles. The summed E-state index contributed by atoms with van der Waals surface area (Å²) in [4.78, 5) is 6.53. The average molecular weight is 207 g/mol. The van der Waals surface area contributed by atoms with Crippen LogP contribution in [0.3, 0.4) is 0 Å². The molecule has 0 bridgehead atoms. The number of rotatable bonds is 6. The molecule has 0 atom stereocenters. The Morgan fingerprint density at radius 1 is 1.33 bits per heavy atom. The van der Waals surface area contributed by atoms with E-state index in [0.29, 0.717) is 5.82 Å². The van der Waals surface area contributed by atoms with Gasteiger partial charge < -0.3 is 5.73 Å². The molecule has 1 heterocycles. The highest BCUT2D eigenvalue weighted by molar-refractivity contribution is 5.29. The van der Waals surface area contributed by atoms with E-state index in [1.54, 1.807) is 0 Å². The van der Waals surface area contributed by atoms with Crippen molar-refractivity contribution < 1.29 is 0 Å². The maximum atomic E-state index is 5.55. The number of pyridine rings is 1. The molecule has 0 saturated heterocycles. The fourth-order valence-electron chi connectivity index (χ4n) is 1.52. The minimum Gasteiger partial charge on any atom is -0.384 e. The van der Waals surface area contributed by atoms with Crippen LogP contribution in [-0.2, 0) is 6.54 Å². The van der Waals surface area contributed by atoms with Gasteiger partial charge in [0, 0.05) is 12.7 Å². The molecule has 0 amide bonds. The number of nitrogens with two attached hydrogens (primary N) is 1. The largest absolute Gasteiger partial charge is 0.384 e. The molecule has 0 unspecified atom stereocenters. The minimum absolute atomic E-state index is 0.593. The molecule has 3 nitrogen and oxygen atoms in total. The quantitative estimate of drug-likeness (QED) is 0.778. The molecule has 2 N–H and O–H groups in total. The zero-order chi connectivity index (χ0) is 11.1. The van der Waals surface area contributed by atoms with Crippen LogP contribution in [-0.4, -0.2) is 23.0 Å². The van der Waals surface area contributed by atoms with Crippen molar-refractivity contribution in [2.24, 2.45) is 0 Å². The third-order valence-electron chi connectivity index (χ3n) is 2.53. The van der Waals surface area contributed by atoms with Crippen LogP contribution in [0.25, 0.3) is 0 Å². The van der Waals surface area contributed by atoms with E-state index in [4.69, 9.17) is 5.73 Å². The molecule has 0 aliphatic rings. The SMILES string of the molecule is CCCCN(CC)Cc1ccc(N)nc1. The van der Waals surface area contributed by atoms with Gasteiger partial charge in [0.15, 0.2) is 0 Å². The Balaban J connectivity index is 2.47. The summed E-state index contributed by atoms with van der Waals surface area (Å²) in [7, 11) is 0. The average Bonchev–Trinajstić information content (AvgIpc) is 2.27. The molecule has 0 spiro atoms. The lowest BCUT2D eigenvalue weighted by atomic mass is 10.2. The van der Waals surface area contributed by atoms with Crippen LogP contribution in [0.15, 0.2) is 18.3 Å². The smallest absolute Gasteiger partial charge is 0.123 e. The molecule has 0 radical (unpaired) electrons. The lowest BCUT2D eigenvalue weighted by Crippen LogP contribution is -2.23. The van der Waals surface area contributed by atoms with Gasteiger partial charge in [-0.2, -0.15) is 0 Å². The van der Waals surface area contributed by atoms with Crippen LogP contribution in [0.5, 0.6) is 0 Å². The predicted molar refractivity (Wildman–Crippen MR) is 64.5 cm³/mol. The highest BCUT2D eigenvalue weighted by Crippen LogP contribution is 2.06. The summed E-state index contributed by atoms with van der Waals surface area (Å²) in [6.45, 7) is 7.64. The molecule has 3 heteroatoms. The first kappa shape index (κ1) is 12.0. The predicted octanol–water partition coefficient (Wildman–Crippen LogP) is 2.29. The van der Waals surface area contributed by atoms with Gasteiger partial charge in [0.2, 0.25) is 0 Å². The van der Waals surface area contributed by atoms with Crippen molar-refractivity contribution in [2.45, 2.75) is 33.2 Å². The van der Waals surface area contributed by atoms with Crippen LogP contribution in [0.4, 0.5) is 5.82 Å². The number of nitrogens with zero attached hydrogens (tertiary/aromatic N) is 2. The van der Waals surface area contributed by atoms with E-state index in [-0.39, 0.29) is 0 Å². The summed E-state index contributed by atoms with van der Waals surface area (Å²) >= 11 is 0. The van der Waals surface area contributed by atoms with Gasteiger partial charge in [-0.3, -0.25) is 4.90 Å². The Kier molecular flexibility index (Phi) is 5.12. The molecule has 0 aromatic carbocycles. The summed E-state index contributed by atoms with van der Waals surface area (Å²) in [5.74, 6) is 0.593. The zero-order valence-electron chi connectivity index (χ0n) is 9.74. The topological polar surface area (TPSA) is 42.1 Å². The van der Waals surface area contributed by atoms with E-state index in [9.17, 15) is 0 Å². The van der Waals surface area contributed by atoms with Gasteiger partial charge in [-0.1, -0.05) is 26.3 Å². The van der Waals surface area contributed by atoms with E-state index in [1.165, 1.54) is 18.4 Å². The van der Waals surface area contributed by atoms with E-state index in [1.807, 2.05) is 12.3 Å². The molecule has 0 fully saturated rings. The van der Waals surface area contributed by atoms with Gasteiger partial charge >= 0.3 is 0 Å². The maximum absolute atomic E-state index is 5.55. The first-order valence-corrected chi connectivity index (χ1v) is 5.69. The standard InChI is InChI=1S/C12H21N3/c1-3-5-8-15(4-2)10-11-6-7-12(13)14-9-11/h6-7,9H,3-5,8,10H2,1-2H3,(H2,13,14). The molecule has 84 valence electrons. The number of hydrogen-bond donors (Lipinski definition) is 1. The minimum atomic E-state index is 0.593. The van der Waals surface area contributed by atoms with Crippen molar-refractivity contribution in [3.05, 3.63) is 23.9 Å². The maximum Gasteiger partial charge on any atom is 0.123 e. The number of unbranched alkanes of at least 4 members (excludes halogenated alkanes) is 1. The summed E-state index contributed by atoms with van der Waals surface area (Å²) in [5, 5.41) is 0. The third kappa shape index (κ3) is 4.30. The Bertz CT molecular complexity index is 269. The van der Waals surface area contributed by atoms with Crippen LogP contribution in [0.1, 0.15) is 32.3 Å². The molecule has 1 aromatic rings. The number of aromatic nitrogens is 1. The Morgan fingerprint density at radius 3 is 2.67 bits per heavy atom. The fraction of sp³-hybridized carbons (Fsp3) is 0.583. The Morgan fingerprint density at radius 2 is 2.13 bits per heavy atom. The lowest BCUT2D eigenvalue weighted by Gasteiger charge is -2.19. The summed E-state index contributed by atoms with van der Waals surface area (Å²) in [6, 6.07) is 3.92. The van der Waals surface area contributed by atoms with Crippen molar-refractivity contribution in [1.82, 2.24) is 9.88 Å². The molecular formula is C12H21N3. The van der Waals surface area contributed by atoms with Crippen LogP contribution < -0.4 is 5.73 Å². The normalized spacial score (nSPS) is 10.9. The van der Waals surface area contributed by atoms with Crippen LogP contribution in [0, 0.1) is 0 Å². The van der Waals surface area contributed by atoms with Gasteiger partial charge in [0.25, 0.3) is 0 Å². The van der Waals surface area contributed by atoms with E-state index in [2.05, 4.69) is 29.8 Å². The van der Waals surface area contributed by atoms with E-state index in [0.717, 1.165) is 19.6 Å². The van der Waals surface area contributed by atoms with Crippen molar-refractivity contribution in [2.75, 3.05) is 18.8 Å². The molecule has 0 aliphatic carbocycles. The number of hydrogen-bond acceptors (Lipinski definition) is 3. The second-order valence-electron chi connectivity index (χ2n) is 3.81. The summed E-state index contributed by atoms with van der Waals surface area (Å²) < 4.78 is 0. The van der Waals surface area contributed by atoms with Gasteiger partial charge in [-0.15, -0.1) is 0 Å². The highest BCUT2D eigenvalue weighted by atomic mass is 15.1. The van der Waals surface area contributed by atoms with Crippen molar-refractivity contribution in [1.29, 1.82) is 0 Å². The van der Waals surface area contributed by atoms with Crippen LogP contribution >= 0.6 is 0 Å². The molecule has 15 heavy (non-hydrogen) atoms. The van der Waals surface area contributed by atoms with Gasteiger partial charge in [-0.05, 0) is 31.1 Å². The Hall–Kier alpha value is -1.09. The first-order valence-electron chi connectivity index (χ1n) is 5.69. The fourth-order valence-corrected chi connectivity index (χ4v) is 1.52. The van der Waals surface area contributed by atoms with E-state index < -0.39 is 0 Å². The first-order chi connectivity index (χ1) is 7.26. The van der Waals surface area contributed by atoms with Gasteiger partial charge in [0.1, 0.15) is 5.82 Å². The van der Waals surface area contributed by atoms with Crippen molar-refractivity contribution >= 4 is 5.82 Å². The number of nitrogen functional groups attached to an aromatic ring is 1. The monoisotopic (exact) mass is 207 g/mol. The van der Waals surface area contributed by atoms with Crippen molar-refractivity contribution in [3.63, 3.8) is 0 Å². The van der Waals surface area contributed by atoms with Crippen molar-refractivity contribution in [3.8, 4) is 0 Å². The van der Waals surface area contributed by atoms with Gasteiger partial charge in [0.05, 0.1) is 0 Å².